The van der Waals surface area contributed by atoms with Crippen LogP contribution in [0.4, 0.5) is 17.1 Å². The molecule has 1 fully saturated rings. The van der Waals surface area contributed by atoms with Gasteiger partial charge in [0.25, 0.3) is 0 Å². The van der Waals surface area contributed by atoms with Gasteiger partial charge in [0.15, 0.2) is 6.29 Å². The summed E-state index contributed by atoms with van der Waals surface area (Å²) in [5.74, 6) is 1.25. The van der Waals surface area contributed by atoms with Gasteiger partial charge in [0.2, 0.25) is 11.8 Å². The number of ether oxygens (including phenoxy) is 3. The molecule has 3 atom stereocenters. The van der Waals surface area contributed by atoms with Crippen molar-refractivity contribution in [2.24, 2.45) is 0 Å². The first-order valence-electron chi connectivity index (χ1n) is 15.7. The molecular formula is C37H41N3O6S. The first-order chi connectivity index (χ1) is 22.9. The number of rotatable bonds is 14. The molecule has 0 bridgehead atoms. The van der Waals surface area contributed by atoms with Crippen LogP contribution in [0, 0.1) is 0 Å². The number of amides is 2. The number of aliphatic hydroxyl groups excluding tert-OH is 1. The van der Waals surface area contributed by atoms with Crippen LogP contribution in [-0.2, 0) is 25.7 Å². The van der Waals surface area contributed by atoms with Crippen LogP contribution >= 0.6 is 11.8 Å². The Morgan fingerprint density at radius 1 is 0.872 bits per heavy atom. The van der Waals surface area contributed by atoms with Crippen molar-refractivity contribution >= 4 is 40.6 Å². The van der Waals surface area contributed by atoms with Crippen LogP contribution in [0.1, 0.15) is 61.2 Å². The molecule has 1 heterocycles. The number of thioether (sulfide) groups is 1. The van der Waals surface area contributed by atoms with Gasteiger partial charge in [-0.2, -0.15) is 0 Å². The zero-order valence-electron chi connectivity index (χ0n) is 26.4. The Kier molecular flexibility index (Phi) is 12.3. The lowest BCUT2D eigenvalue weighted by Crippen LogP contribution is -2.31. The minimum atomic E-state index is -0.649. The van der Waals surface area contributed by atoms with Crippen LogP contribution in [0.25, 0.3) is 0 Å². The van der Waals surface area contributed by atoms with Crippen LogP contribution < -0.4 is 21.1 Å². The van der Waals surface area contributed by atoms with Gasteiger partial charge in [-0.3, -0.25) is 9.59 Å². The molecule has 5 rings (SSSR count). The average Bonchev–Trinajstić information content (AvgIpc) is 3.10. The fourth-order valence-electron chi connectivity index (χ4n) is 5.32. The molecule has 1 aliphatic heterocycles. The van der Waals surface area contributed by atoms with Gasteiger partial charge >= 0.3 is 0 Å². The predicted octanol–water partition coefficient (Wildman–Crippen LogP) is 7.25. The molecule has 5 N–H and O–H groups in total. The molecule has 47 heavy (non-hydrogen) atoms. The van der Waals surface area contributed by atoms with E-state index in [-0.39, 0.29) is 37.0 Å². The Bertz CT molecular complexity index is 1630. The Morgan fingerprint density at radius 3 is 2.34 bits per heavy atom. The van der Waals surface area contributed by atoms with E-state index in [2.05, 4.69) is 10.6 Å². The topological polar surface area (TPSA) is 132 Å². The van der Waals surface area contributed by atoms with Crippen LogP contribution in [0.15, 0.2) is 102 Å². The maximum Gasteiger partial charge on any atom is 0.224 e. The van der Waals surface area contributed by atoms with Crippen LogP contribution in [0.5, 0.6) is 5.75 Å². The summed E-state index contributed by atoms with van der Waals surface area (Å²) < 4.78 is 18.5. The normalized spacial score (nSPS) is 17.5. The van der Waals surface area contributed by atoms with Gasteiger partial charge in [-0.25, -0.2) is 0 Å². The summed E-state index contributed by atoms with van der Waals surface area (Å²) in [5.41, 5.74) is 10.3. The van der Waals surface area contributed by atoms with Crippen molar-refractivity contribution < 1.29 is 28.9 Å². The number of nitrogen functional groups attached to an aromatic ring is 1. The second-order valence-corrected chi connectivity index (χ2v) is 12.4. The van der Waals surface area contributed by atoms with Gasteiger partial charge in [0, 0.05) is 41.2 Å². The van der Waals surface area contributed by atoms with Gasteiger partial charge < -0.3 is 35.7 Å². The predicted molar refractivity (Wildman–Crippen MR) is 185 cm³/mol. The molecule has 10 heteroatoms. The molecule has 1 saturated heterocycles. The quantitative estimate of drug-likeness (QED) is 0.0635. The lowest BCUT2D eigenvalue weighted by Gasteiger charge is -2.36. The van der Waals surface area contributed by atoms with E-state index in [9.17, 15) is 14.7 Å². The number of unbranched alkanes of at least 4 members (excludes halogenated alkanes) is 1. The van der Waals surface area contributed by atoms with Gasteiger partial charge in [0.1, 0.15) is 5.75 Å². The third-order valence-corrected chi connectivity index (χ3v) is 9.03. The molecule has 0 unspecified atom stereocenters. The second kappa shape index (κ2) is 17.0. The molecule has 4 aromatic carbocycles. The van der Waals surface area contributed by atoms with Gasteiger partial charge in [0.05, 0.1) is 37.3 Å². The molecular weight excluding hydrogens is 614 g/mol. The number of hydrogen-bond donors (Lipinski definition) is 4. The third-order valence-electron chi connectivity index (χ3n) is 7.84. The van der Waals surface area contributed by atoms with Crippen LogP contribution in [0.3, 0.4) is 0 Å². The minimum Gasteiger partial charge on any atom is -0.496 e. The van der Waals surface area contributed by atoms with Crippen molar-refractivity contribution in [1.82, 2.24) is 0 Å². The zero-order valence-corrected chi connectivity index (χ0v) is 27.2. The molecule has 1 aliphatic rings. The van der Waals surface area contributed by atoms with E-state index in [1.54, 1.807) is 31.0 Å². The molecule has 2 amide bonds. The van der Waals surface area contributed by atoms with E-state index in [0.29, 0.717) is 48.5 Å². The molecule has 0 spiro atoms. The number of carbonyl (C=O) groups excluding carboxylic acids is 2. The summed E-state index contributed by atoms with van der Waals surface area (Å²) in [7, 11) is 1.67. The number of carbonyl (C=O) groups is 2. The molecule has 0 saturated carbocycles. The van der Waals surface area contributed by atoms with E-state index in [1.807, 2.05) is 84.9 Å². The molecule has 246 valence electrons. The Balaban J connectivity index is 1.19. The van der Waals surface area contributed by atoms with Crippen molar-refractivity contribution in [2.75, 3.05) is 29.2 Å². The van der Waals surface area contributed by atoms with Crippen LogP contribution in [-0.4, -0.2) is 35.9 Å². The van der Waals surface area contributed by atoms with Crippen molar-refractivity contribution in [3.05, 3.63) is 114 Å². The Morgan fingerprint density at radius 2 is 1.60 bits per heavy atom. The monoisotopic (exact) mass is 655 g/mol. The number of hydrogen-bond acceptors (Lipinski definition) is 8. The van der Waals surface area contributed by atoms with Gasteiger partial charge in [-0.1, -0.05) is 60.7 Å². The Hall–Kier alpha value is -4.35. The summed E-state index contributed by atoms with van der Waals surface area (Å²) in [6.45, 7) is -0.0205. The summed E-state index contributed by atoms with van der Waals surface area (Å²) in [6.07, 6.45) is 1.39. The SMILES string of the molecule is COc1ccccc1SC[C@@H]1C[C@H](c2ccc(CO)cc2)O[C@H](c2cccc(NC(=O)CCCCC(=O)Nc3ccccc3N)c2)O1. The lowest BCUT2D eigenvalue weighted by atomic mass is 10.0. The number of para-hydroxylation sites is 3. The highest BCUT2D eigenvalue weighted by molar-refractivity contribution is 7.99. The largest absolute Gasteiger partial charge is 0.496 e. The summed E-state index contributed by atoms with van der Waals surface area (Å²) in [4.78, 5) is 26.1. The fraction of sp³-hybridized carbons (Fsp3) is 0.297. The van der Waals surface area contributed by atoms with Crippen molar-refractivity contribution in [3.8, 4) is 5.75 Å². The Labute approximate surface area is 279 Å². The fourth-order valence-corrected chi connectivity index (χ4v) is 6.37. The standard InChI is InChI=1S/C37H41N3O6S/c1-44-32-13-4-5-14-34(32)47-24-29-22-33(26-19-17-25(23-41)18-20-26)46-37(45-29)27-9-8-10-28(21-27)39-35(42)15-6-7-16-36(43)40-31-12-3-2-11-30(31)38/h2-5,8-14,17-21,29,33,37,41H,6-7,15-16,22-24,38H2,1H3,(H,39,42)(H,40,43)/t29-,33+,37+/m0/s1. The number of nitrogens with one attached hydrogen (secondary N) is 2. The summed E-state index contributed by atoms with van der Waals surface area (Å²) in [6, 6.07) is 30.3. The molecule has 9 nitrogen and oxygen atoms in total. The smallest absolute Gasteiger partial charge is 0.224 e. The van der Waals surface area contributed by atoms with Gasteiger partial charge in [-0.05, 0) is 60.4 Å². The molecule has 0 radical (unpaired) electrons. The summed E-state index contributed by atoms with van der Waals surface area (Å²) in [5, 5.41) is 15.3. The first-order valence-corrected chi connectivity index (χ1v) is 16.7. The lowest BCUT2D eigenvalue weighted by molar-refractivity contribution is -0.245. The average molecular weight is 656 g/mol. The second-order valence-electron chi connectivity index (χ2n) is 11.3. The van der Waals surface area contributed by atoms with E-state index in [0.717, 1.165) is 27.3 Å². The summed E-state index contributed by atoms with van der Waals surface area (Å²) >= 11 is 1.68. The van der Waals surface area contributed by atoms with Crippen LogP contribution in [0.2, 0.25) is 0 Å². The zero-order chi connectivity index (χ0) is 33.0. The highest BCUT2D eigenvalue weighted by Crippen LogP contribution is 2.40. The number of aliphatic hydroxyl groups is 1. The molecule has 0 aliphatic carbocycles. The minimum absolute atomic E-state index is 0.0205. The van der Waals surface area contributed by atoms with E-state index in [1.165, 1.54) is 0 Å². The maximum absolute atomic E-state index is 12.8. The van der Waals surface area contributed by atoms with Crippen molar-refractivity contribution in [2.45, 2.75) is 62.1 Å². The molecule has 4 aromatic rings. The highest BCUT2D eigenvalue weighted by atomic mass is 32.2. The first kappa shape index (κ1) is 34.0. The molecule has 0 aromatic heterocycles. The van der Waals surface area contributed by atoms with E-state index in [4.69, 9.17) is 19.9 Å². The number of methoxy groups -OCH3 is 1. The van der Waals surface area contributed by atoms with Crippen molar-refractivity contribution in [3.63, 3.8) is 0 Å². The highest BCUT2D eigenvalue weighted by Gasteiger charge is 2.32. The number of benzene rings is 4. The van der Waals surface area contributed by atoms with E-state index >= 15 is 0 Å². The van der Waals surface area contributed by atoms with E-state index < -0.39 is 6.29 Å². The van der Waals surface area contributed by atoms with Crippen molar-refractivity contribution in [1.29, 1.82) is 0 Å². The third kappa shape index (κ3) is 9.82. The van der Waals surface area contributed by atoms with Gasteiger partial charge in [-0.15, -0.1) is 11.8 Å². The number of nitrogens with two attached hydrogens (primary N) is 1. The maximum atomic E-state index is 12.8. The number of anilines is 3.